The first-order chi connectivity index (χ1) is 15.8. The van der Waals surface area contributed by atoms with Gasteiger partial charge in [0.25, 0.3) is 0 Å². The SMILES string of the molecule is C=Cc1ccc(C)c(N=C2NC(=C)c3nccn3N2Cc2cc(F)c(F)c(F)c2)c1.COC. The largest absolute Gasteiger partial charge is 0.388 e. The van der Waals surface area contributed by atoms with Crippen molar-refractivity contribution in [1.82, 2.24) is 15.0 Å². The van der Waals surface area contributed by atoms with E-state index in [0.29, 0.717) is 23.2 Å². The number of fused-ring (bicyclic) bond motifs is 1. The average molecular weight is 455 g/mol. The van der Waals surface area contributed by atoms with Gasteiger partial charge in [0.05, 0.1) is 17.9 Å². The average Bonchev–Trinajstić information content (AvgIpc) is 3.27. The Morgan fingerprint density at radius 3 is 2.45 bits per heavy atom. The number of imidazole rings is 1. The molecule has 0 spiro atoms. The minimum absolute atomic E-state index is 0.0107. The summed E-state index contributed by atoms with van der Waals surface area (Å²) in [5, 5.41) is 4.74. The van der Waals surface area contributed by atoms with Gasteiger partial charge in [0, 0.05) is 26.6 Å². The number of halogens is 3. The number of methoxy groups -OCH3 is 1. The number of nitrogens with one attached hydrogen (secondary N) is 1. The summed E-state index contributed by atoms with van der Waals surface area (Å²) in [6.45, 7) is 9.67. The minimum atomic E-state index is -1.50. The van der Waals surface area contributed by atoms with E-state index in [1.807, 2.05) is 25.1 Å². The third kappa shape index (κ3) is 5.15. The summed E-state index contributed by atoms with van der Waals surface area (Å²) >= 11 is 0. The van der Waals surface area contributed by atoms with E-state index in [4.69, 9.17) is 4.99 Å². The van der Waals surface area contributed by atoms with Gasteiger partial charge in [-0.1, -0.05) is 31.4 Å². The molecule has 1 aromatic heterocycles. The van der Waals surface area contributed by atoms with Gasteiger partial charge in [-0.05, 0) is 41.8 Å². The molecule has 4 rings (SSSR count). The van der Waals surface area contributed by atoms with Crippen LogP contribution in [0.1, 0.15) is 22.5 Å². The Bertz CT molecular complexity index is 1200. The van der Waals surface area contributed by atoms with E-state index in [9.17, 15) is 13.2 Å². The van der Waals surface area contributed by atoms with E-state index in [2.05, 4.69) is 28.2 Å². The number of hydrogen-bond donors (Lipinski definition) is 1. The summed E-state index contributed by atoms with van der Waals surface area (Å²) in [5.74, 6) is -3.11. The maximum atomic E-state index is 13.8. The maximum absolute atomic E-state index is 13.8. The first-order valence-corrected chi connectivity index (χ1v) is 9.91. The number of rotatable bonds is 4. The Morgan fingerprint density at radius 2 is 1.82 bits per heavy atom. The second-order valence-corrected chi connectivity index (χ2v) is 7.22. The summed E-state index contributed by atoms with van der Waals surface area (Å²) in [5.41, 5.74) is 3.25. The molecular formula is C24H24F3N5O. The highest BCUT2D eigenvalue weighted by Gasteiger charge is 2.26. The van der Waals surface area contributed by atoms with Crippen LogP contribution in [0.15, 0.2) is 60.9 Å². The topological polar surface area (TPSA) is 54.7 Å². The Kier molecular flexibility index (Phi) is 7.34. The summed E-state index contributed by atoms with van der Waals surface area (Å²) in [6, 6.07) is 7.64. The van der Waals surface area contributed by atoms with E-state index >= 15 is 0 Å². The van der Waals surface area contributed by atoms with Gasteiger partial charge in [-0.15, -0.1) is 0 Å². The van der Waals surface area contributed by atoms with Crippen molar-refractivity contribution in [1.29, 1.82) is 0 Å². The Morgan fingerprint density at radius 1 is 1.15 bits per heavy atom. The van der Waals surface area contributed by atoms with E-state index in [1.54, 1.807) is 42.4 Å². The molecule has 0 atom stereocenters. The van der Waals surface area contributed by atoms with Crippen LogP contribution in [-0.4, -0.2) is 29.8 Å². The van der Waals surface area contributed by atoms with Crippen molar-refractivity contribution >= 4 is 23.4 Å². The van der Waals surface area contributed by atoms with Crippen LogP contribution in [-0.2, 0) is 11.3 Å². The van der Waals surface area contributed by atoms with Crippen LogP contribution in [0.3, 0.4) is 0 Å². The van der Waals surface area contributed by atoms with Gasteiger partial charge in [0.2, 0.25) is 5.96 Å². The summed E-state index contributed by atoms with van der Waals surface area (Å²) in [4.78, 5) is 8.96. The molecule has 0 radical (unpaired) electrons. The molecule has 0 fully saturated rings. The van der Waals surface area contributed by atoms with E-state index in [1.165, 1.54) is 0 Å². The Hall–Kier alpha value is -3.85. The molecule has 33 heavy (non-hydrogen) atoms. The third-order valence-electron chi connectivity index (χ3n) is 4.73. The number of guanidine groups is 1. The van der Waals surface area contributed by atoms with Gasteiger partial charge in [0.1, 0.15) is 0 Å². The van der Waals surface area contributed by atoms with Crippen molar-refractivity contribution in [3.63, 3.8) is 0 Å². The van der Waals surface area contributed by atoms with Crippen molar-refractivity contribution in [2.24, 2.45) is 4.99 Å². The number of aliphatic imine (C=N–C) groups is 1. The fourth-order valence-corrected chi connectivity index (χ4v) is 3.16. The van der Waals surface area contributed by atoms with Gasteiger partial charge in [-0.25, -0.2) is 32.8 Å². The molecule has 9 heteroatoms. The van der Waals surface area contributed by atoms with Crippen molar-refractivity contribution in [2.45, 2.75) is 13.5 Å². The highest BCUT2D eigenvalue weighted by Crippen LogP contribution is 2.24. The predicted octanol–water partition coefficient (Wildman–Crippen LogP) is 4.91. The number of aryl methyl sites for hydroxylation is 1. The molecule has 3 aromatic rings. The van der Waals surface area contributed by atoms with Crippen LogP contribution < -0.4 is 10.3 Å². The van der Waals surface area contributed by atoms with Gasteiger partial charge in [-0.3, -0.25) is 0 Å². The zero-order valence-electron chi connectivity index (χ0n) is 18.6. The fourth-order valence-electron chi connectivity index (χ4n) is 3.16. The highest BCUT2D eigenvalue weighted by molar-refractivity contribution is 5.99. The molecule has 0 saturated heterocycles. The molecule has 0 amide bonds. The number of aromatic nitrogens is 2. The van der Waals surface area contributed by atoms with Crippen LogP contribution in [0.2, 0.25) is 0 Å². The molecule has 1 aliphatic heterocycles. The Balaban J connectivity index is 0.000000968. The summed E-state index contributed by atoms with van der Waals surface area (Å²) in [7, 11) is 3.25. The van der Waals surface area contributed by atoms with Crippen molar-refractivity contribution in [3.05, 3.63) is 95.8 Å². The monoisotopic (exact) mass is 455 g/mol. The highest BCUT2D eigenvalue weighted by atomic mass is 19.2. The summed E-state index contributed by atoms with van der Waals surface area (Å²) in [6.07, 6.45) is 4.97. The predicted molar refractivity (Wildman–Crippen MR) is 124 cm³/mol. The van der Waals surface area contributed by atoms with Crippen LogP contribution in [0.25, 0.3) is 11.8 Å². The molecule has 0 aliphatic carbocycles. The number of benzene rings is 2. The van der Waals surface area contributed by atoms with Crippen LogP contribution in [0.5, 0.6) is 0 Å². The standard InChI is InChI=1S/C22H18F3N5.C2H6O/c1-4-15-6-5-13(2)19(11-15)28-22-27-14(3)21-26-7-8-29(21)30(22)12-16-9-17(23)20(25)18(24)10-16;1-3-2/h4-11H,1,3,12H2,2H3,(H,27,28);1-2H3. The van der Waals surface area contributed by atoms with Crippen LogP contribution in [0, 0.1) is 24.4 Å². The summed E-state index contributed by atoms with van der Waals surface area (Å²) < 4.78 is 46.8. The second kappa shape index (κ2) is 10.2. The molecule has 1 N–H and O–H groups in total. The number of nitrogens with zero attached hydrogens (tertiary/aromatic N) is 4. The lowest BCUT2D eigenvalue weighted by Crippen LogP contribution is -2.51. The molecule has 2 heterocycles. The molecule has 1 aliphatic rings. The van der Waals surface area contributed by atoms with Crippen LogP contribution in [0.4, 0.5) is 18.9 Å². The first kappa shape index (κ1) is 23.8. The number of ether oxygens (including phenoxy) is 1. The normalized spacial score (nSPS) is 13.8. The zero-order chi connectivity index (χ0) is 24.1. The molecule has 2 aromatic carbocycles. The quantitative estimate of drug-likeness (QED) is 0.568. The lowest BCUT2D eigenvalue weighted by atomic mass is 10.1. The third-order valence-corrected chi connectivity index (χ3v) is 4.73. The molecule has 172 valence electrons. The van der Waals surface area contributed by atoms with E-state index in [-0.39, 0.29) is 12.1 Å². The van der Waals surface area contributed by atoms with Crippen LogP contribution >= 0.6 is 0 Å². The van der Waals surface area contributed by atoms with Gasteiger partial charge in [0.15, 0.2) is 23.3 Å². The van der Waals surface area contributed by atoms with Crippen molar-refractivity contribution in [2.75, 3.05) is 19.2 Å². The Labute approximate surface area is 190 Å². The van der Waals surface area contributed by atoms with Gasteiger partial charge >= 0.3 is 0 Å². The maximum Gasteiger partial charge on any atom is 0.223 e. The molecule has 0 bridgehead atoms. The van der Waals surface area contributed by atoms with Crippen molar-refractivity contribution in [3.8, 4) is 0 Å². The molecule has 6 nitrogen and oxygen atoms in total. The fraction of sp³-hybridized carbons (Fsp3) is 0.167. The lowest BCUT2D eigenvalue weighted by Gasteiger charge is -2.33. The first-order valence-electron chi connectivity index (χ1n) is 9.91. The smallest absolute Gasteiger partial charge is 0.223 e. The van der Waals surface area contributed by atoms with E-state index in [0.717, 1.165) is 23.3 Å². The lowest BCUT2D eigenvalue weighted by molar-refractivity contribution is 0.277. The minimum Gasteiger partial charge on any atom is -0.388 e. The molecule has 0 unspecified atom stereocenters. The van der Waals surface area contributed by atoms with Gasteiger partial charge < -0.3 is 10.1 Å². The molecular weight excluding hydrogens is 431 g/mol. The number of hydrogen-bond acceptors (Lipinski definition) is 3. The van der Waals surface area contributed by atoms with Gasteiger partial charge in [-0.2, -0.15) is 0 Å². The van der Waals surface area contributed by atoms with Crippen molar-refractivity contribution < 1.29 is 17.9 Å². The second-order valence-electron chi connectivity index (χ2n) is 7.22. The molecule has 0 saturated carbocycles. The zero-order valence-corrected chi connectivity index (χ0v) is 18.6. The van der Waals surface area contributed by atoms with E-state index < -0.39 is 17.5 Å².